The van der Waals surface area contributed by atoms with Gasteiger partial charge in [-0.2, -0.15) is 0 Å². The molecule has 0 aliphatic heterocycles. The van der Waals surface area contributed by atoms with Crippen LogP contribution < -0.4 is 9.77 Å². The molecule has 0 aromatic rings. The number of hydrogen-bond donors (Lipinski definition) is 2. The third kappa shape index (κ3) is 10.2. The Balaban J connectivity index is 4.15. The van der Waals surface area contributed by atoms with Gasteiger partial charge in [0.05, 0.1) is 11.5 Å². The SMILES string of the molecule is CCCS(=O)(=O)NOC(=O)CC(=O)ONS(=O)(=O)CCC. The van der Waals surface area contributed by atoms with Crippen LogP contribution in [0, 0.1) is 0 Å². The van der Waals surface area contributed by atoms with Crippen molar-refractivity contribution in [2.45, 2.75) is 33.1 Å². The van der Waals surface area contributed by atoms with Crippen LogP contribution in [0.25, 0.3) is 0 Å². The molecule has 0 aliphatic carbocycles. The first-order valence-corrected chi connectivity index (χ1v) is 9.30. The average molecular weight is 346 g/mol. The maximum absolute atomic E-state index is 11.2. The highest BCUT2D eigenvalue weighted by Gasteiger charge is 2.18. The second kappa shape index (κ2) is 8.92. The Bertz CT molecular complexity index is 504. The lowest BCUT2D eigenvalue weighted by molar-refractivity contribution is -0.158. The third-order valence-corrected chi connectivity index (χ3v) is 4.37. The van der Waals surface area contributed by atoms with E-state index >= 15 is 0 Å². The molecule has 2 N–H and O–H groups in total. The van der Waals surface area contributed by atoms with Crippen LogP contribution in [-0.2, 0) is 39.3 Å². The summed E-state index contributed by atoms with van der Waals surface area (Å²) in [7, 11) is -7.52. The van der Waals surface area contributed by atoms with E-state index in [4.69, 9.17) is 0 Å². The van der Waals surface area contributed by atoms with Crippen molar-refractivity contribution in [2.75, 3.05) is 11.5 Å². The van der Waals surface area contributed by atoms with Crippen molar-refractivity contribution < 1.29 is 36.1 Å². The molecule has 12 heteroatoms. The predicted octanol–water partition coefficient (Wildman–Crippen LogP) is -1.05. The lowest BCUT2D eigenvalue weighted by Crippen LogP contribution is -2.32. The van der Waals surface area contributed by atoms with Crippen molar-refractivity contribution in [3.8, 4) is 0 Å². The smallest absolute Gasteiger partial charge is 0.337 e. The number of carbonyl (C=O) groups excluding carboxylic acids is 2. The average Bonchev–Trinajstić information content (AvgIpc) is 2.34. The van der Waals surface area contributed by atoms with Crippen molar-refractivity contribution in [3.05, 3.63) is 0 Å². The molecule has 0 amide bonds. The Morgan fingerprint density at radius 3 is 1.43 bits per heavy atom. The van der Waals surface area contributed by atoms with E-state index in [1.54, 1.807) is 13.8 Å². The monoisotopic (exact) mass is 346 g/mol. The molecule has 0 heterocycles. The summed E-state index contributed by atoms with van der Waals surface area (Å²) < 4.78 is 44.6. The summed E-state index contributed by atoms with van der Waals surface area (Å²) in [5.74, 6) is -2.95. The summed E-state index contributed by atoms with van der Waals surface area (Å²) in [6.07, 6.45) is -0.328. The summed E-state index contributed by atoms with van der Waals surface area (Å²) in [6.45, 7) is 3.22. The zero-order valence-corrected chi connectivity index (χ0v) is 13.3. The lowest BCUT2D eigenvalue weighted by Gasteiger charge is -2.07. The highest BCUT2D eigenvalue weighted by Crippen LogP contribution is 1.94. The van der Waals surface area contributed by atoms with Crippen molar-refractivity contribution in [2.24, 2.45) is 0 Å². The second-order valence-electron chi connectivity index (χ2n) is 3.93. The van der Waals surface area contributed by atoms with Crippen LogP contribution in [-0.4, -0.2) is 40.3 Å². The van der Waals surface area contributed by atoms with Gasteiger partial charge >= 0.3 is 11.9 Å². The van der Waals surface area contributed by atoms with Crippen LogP contribution in [0.1, 0.15) is 33.1 Å². The Labute approximate surface area is 123 Å². The topological polar surface area (TPSA) is 145 Å². The molecule has 0 spiro atoms. The van der Waals surface area contributed by atoms with Crippen molar-refractivity contribution in [1.82, 2.24) is 9.77 Å². The molecule has 0 atom stereocenters. The lowest BCUT2D eigenvalue weighted by atomic mass is 10.5. The molecule has 124 valence electrons. The fourth-order valence-corrected chi connectivity index (χ4v) is 2.71. The van der Waals surface area contributed by atoms with Gasteiger partial charge in [0.15, 0.2) is 0 Å². The Morgan fingerprint density at radius 1 is 0.810 bits per heavy atom. The maximum atomic E-state index is 11.2. The van der Waals surface area contributed by atoms with Gasteiger partial charge in [0.2, 0.25) is 20.0 Å². The molecule has 0 rings (SSSR count). The van der Waals surface area contributed by atoms with E-state index < -0.39 is 38.4 Å². The summed E-state index contributed by atoms with van der Waals surface area (Å²) >= 11 is 0. The van der Waals surface area contributed by atoms with E-state index in [0.717, 1.165) is 0 Å². The Kier molecular flexibility index (Phi) is 8.39. The van der Waals surface area contributed by atoms with Gasteiger partial charge in [-0.15, -0.1) is 0 Å². The van der Waals surface area contributed by atoms with Gasteiger partial charge in [-0.25, -0.2) is 26.4 Å². The van der Waals surface area contributed by atoms with Crippen LogP contribution in [0.4, 0.5) is 0 Å². The van der Waals surface area contributed by atoms with Crippen molar-refractivity contribution in [3.63, 3.8) is 0 Å². The molecule has 0 bridgehead atoms. The van der Waals surface area contributed by atoms with Gasteiger partial charge in [-0.05, 0) is 22.6 Å². The molecular weight excluding hydrogens is 328 g/mol. The first kappa shape index (κ1) is 19.8. The number of sulfonamides is 2. The molecule has 0 unspecified atom stereocenters. The standard InChI is InChI=1S/C9H18N2O8S2/c1-3-5-20(14,15)10-18-8(12)7-9(13)19-11-21(16,17)6-4-2/h10-11H,3-7H2,1-2H3. The first-order valence-electron chi connectivity index (χ1n) is 6.00. The van der Waals surface area contributed by atoms with Crippen LogP contribution >= 0.6 is 0 Å². The zero-order valence-electron chi connectivity index (χ0n) is 11.6. The van der Waals surface area contributed by atoms with Gasteiger partial charge in [-0.1, -0.05) is 13.8 Å². The van der Waals surface area contributed by atoms with Crippen LogP contribution in [0.5, 0.6) is 0 Å². The molecule has 0 fully saturated rings. The van der Waals surface area contributed by atoms with Gasteiger partial charge in [0.25, 0.3) is 0 Å². The fourth-order valence-electron chi connectivity index (χ4n) is 1.03. The minimum Gasteiger partial charge on any atom is -0.355 e. The summed E-state index contributed by atoms with van der Waals surface area (Å²) in [5, 5.41) is 0. The number of rotatable bonds is 10. The Hall–Kier alpha value is -1.24. The fraction of sp³-hybridized carbons (Fsp3) is 0.778. The molecule has 21 heavy (non-hydrogen) atoms. The predicted molar refractivity (Wildman–Crippen MR) is 71.2 cm³/mol. The molecule has 0 aromatic carbocycles. The summed E-state index contributed by atoms with van der Waals surface area (Å²) in [4.78, 5) is 33.6. The van der Waals surface area contributed by atoms with Gasteiger partial charge in [0, 0.05) is 0 Å². The minimum atomic E-state index is -3.76. The van der Waals surface area contributed by atoms with E-state index in [9.17, 15) is 26.4 Å². The normalized spacial score (nSPS) is 11.9. The van der Waals surface area contributed by atoms with Crippen LogP contribution in [0.3, 0.4) is 0 Å². The van der Waals surface area contributed by atoms with Crippen LogP contribution in [0.2, 0.25) is 0 Å². The number of nitrogens with one attached hydrogen (secondary N) is 2. The van der Waals surface area contributed by atoms with Crippen LogP contribution in [0.15, 0.2) is 0 Å². The van der Waals surface area contributed by atoms with Gasteiger partial charge < -0.3 is 9.68 Å². The third-order valence-electron chi connectivity index (χ3n) is 1.80. The van der Waals surface area contributed by atoms with E-state index in [1.165, 1.54) is 9.77 Å². The molecule has 0 aromatic heterocycles. The van der Waals surface area contributed by atoms with E-state index in [2.05, 4.69) is 9.68 Å². The van der Waals surface area contributed by atoms with Crippen molar-refractivity contribution >= 4 is 32.0 Å². The molecule has 10 nitrogen and oxygen atoms in total. The molecule has 0 saturated carbocycles. The minimum absolute atomic E-state index is 0.248. The maximum Gasteiger partial charge on any atom is 0.337 e. The van der Waals surface area contributed by atoms with Gasteiger partial charge in [-0.3, -0.25) is 0 Å². The molecule has 0 radical (unpaired) electrons. The molecule has 0 aliphatic rings. The first-order chi connectivity index (χ1) is 9.62. The van der Waals surface area contributed by atoms with E-state index in [1.807, 2.05) is 0 Å². The summed E-state index contributed by atoms with van der Waals surface area (Å²) in [5.41, 5.74) is 0. The highest BCUT2D eigenvalue weighted by molar-refractivity contribution is 7.89. The van der Waals surface area contributed by atoms with Gasteiger partial charge in [0.1, 0.15) is 6.42 Å². The molecular formula is C9H18N2O8S2. The highest BCUT2D eigenvalue weighted by atomic mass is 32.2. The summed E-state index contributed by atoms with van der Waals surface area (Å²) in [6, 6.07) is 0. The van der Waals surface area contributed by atoms with Crippen molar-refractivity contribution in [1.29, 1.82) is 0 Å². The van der Waals surface area contributed by atoms with E-state index in [0.29, 0.717) is 12.8 Å². The zero-order chi connectivity index (χ0) is 16.5. The number of hydrogen-bond acceptors (Lipinski definition) is 8. The number of carbonyl (C=O) groups is 2. The molecule has 0 saturated heterocycles. The largest absolute Gasteiger partial charge is 0.355 e. The second-order valence-corrected chi connectivity index (χ2v) is 7.54. The Morgan fingerprint density at radius 2 is 1.14 bits per heavy atom. The van der Waals surface area contributed by atoms with E-state index in [-0.39, 0.29) is 11.5 Å². The quantitative estimate of drug-likeness (QED) is 0.376.